The van der Waals surface area contributed by atoms with Gasteiger partial charge in [0.1, 0.15) is 5.84 Å². The summed E-state index contributed by atoms with van der Waals surface area (Å²) in [5.74, 6) is -0.310. The van der Waals surface area contributed by atoms with E-state index in [-0.39, 0.29) is 22.9 Å². The van der Waals surface area contributed by atoms with Crippen molar-refractivity contribution in [2.45, 2.75) is 0 Å². The lowest BCUT2D eigenvalue weighted by atomic mass is 10.1. The molecule has 0 aliphatic carbocycles. The molecule has 0 spiro atoms. The molecular formula is C21H17N3O5S2. The van der Waals surface area contributed by atoms with E-state index in [1.54, 1.807) is 11.0 Å². The van der Waals surface area contributed by atoms with E-state index in [2.05, 4.69) is 4.99 Å². The molecule has 2 aromatic rings. The summed E-state index contributed by atoms with van der Waals surface area (Å²) in [6.45, 7) is 0. The molecule has 10 heteroatoms. The number of hydrogen-bond acceptors (Lipinski definition) is 7. The maximum atomic E-state index is 12.6. The van der Waals surface area contributed by atoms with Gasteiger partial charge in [-0.15, -0.1) is 0 Å². The first-order valence-corrected chi connectivity index (χ1v) is 11.7. The van der Waals surface area contributed by atoms with Gasteiger partial charge in [0, 0.05) is 5.41 Å². The Morgan fingerprint density at radius 1 is 1.13 bits per heavy atom. The number of nitrogens with zero attached hydrogens (tertiary/aromatic N) is 2. The van der Waals surface area contributed by atoms with Crippen LogP contribution in [-0.4, -0.2) is 43.6 Å². The second-order valence-electron chi connectivity index (χ2n) is 6.63. The Balaban J connectivity index is 1.70. The molecule has 1 amide bonds. The molecule has 0 bridgehead atoms. The maximum absolute atomic E-state index is 12.6. The SMILES string of the molecule is COc1cc(C=C2C(=N)N3C(c4ccccc4)=CSC3=NC2=O)ccc1OS(C)(=O)=O. The highest BCUT2D eigenvalue weighted by atomic mass is 32.2. The van der Waals surface area contributed by atoms with Gasteiger partial charge in [-0.25, -0.2) is 0 Å². The molecule has 0 fully saturated rings. The number of methoxy groups -OCH3 is 1. The number of amides is 1. The van der Waals surface area contributed by atoms with Crippen LogP contribution in [-0.2, 0) is 14.9 Å². The van der Waals surface area contributed by atoms with Gasteiger partial charge in [0.2, 0.25) is 0 Å². The third kappa shape index (κ3) is 4.25. The second-order valence-corrected chi connectivity index (χ2v) is 9.04. The van der Waals surface area contributed by atoms with Crippen LogP contribution < -0.4 is 8.92 Å². The fourth-order valence-electron chi connectivity index (χ4n) is 3.09. The van der Waals surface area contributed by atoms with Gasteiger partial charge in [-0.2, -0.15) is 13.4 Å². The molecule has 2 heterocycles. The fraction of sp³-hybridized carbons (Fsp3) is 0.0952. The van der Waals surface area contributed by atoms with E-state index in [9.17, 15) is 13.2 Å². The van der Waals surface area contributed by atoms with Crippen LogP contribution in [0.1, 0.15) is 11.1 Å². The number of amidine groups is 2. The number of thioether (sulfide) groups is 1. The van der Waals surface area contributed by atoms with Crippen LogP contribution in [0, 0.1) is 5.41 Å². The standard InChI is InChI=1S/C21H17N3O5S2/c1-28-18-11-13(8-9-17(18)29-31(2,26)27)10-15-19(22)24-16(14-6-4-3-5-7-14)12-30-21(24)23-20(15)25/h3-12,22H,1-2H3. The van der Waals surface area contributed by atoms with Crippen molar-refractivity contribution in [3.05, 3.63) is 70.6 Å². The minimum atomic E-state index is -3.73. The Bertz CT molecular complexity index is 1280. The zero-order valence-corrected chi connectivity index (χ0v) is 18.2. The first-order valence-electron chi connectivity index (χ1n) is 9.00. The van der Waals surface area contributed by atoms with Gasteiger partial charge in [-0.1, -0.05) is 48.2 Å². The van der Waals surface area contributed by atoms with Crippen molar-refractivity contribution in [1.82, 2.24) is 4.90 Å². The van der Waals surface area contributed by atoms with Crippen LogP contribution in [0.25, 0.3) is 11.8 Å². The molecule has 2 aliphatic rings. The zero-order chi connectivity index (χ0) is 22.2. The highest BCUT2D eigenvalue weighted by molar-refractivity contribution is 8.17. The van der Waals surface area contributed by atoms with Crippen molar-refractivity contribution in [2.75, 3.05) is 13.4 Å². The Morgan fingerprint density at radius 2 is 1.87 bits per heavy atom. The summed E-state index contributed by atoms with van der Waals surface area (Å²) in [5, 5.41) is 10.9. The van der Waals surface area contributed by atoms with Crippen molar-refractivity contribution < 1.29 is 22.1 Å². The van der Waals surface area contributed by atoms with Crippen LogP contribution in [0.5, 0.6) is 11.5 Å². The summed E-state index contributed by atoms with van der Waals surface area (Å²) in [5.41, 5.74) is 2.30. The topological polar surface area (TPSA) is 109 Å². The largest absolute Gasteiger partial charge is 0.493 e. The molecule has 0 unspecified atom stereocenters. The van der Waals surface area contributed by atoms with Crippen LogP contribution in [0.2, 0.25) is 0 Å². The Labute approximate surface area is 183 Å². The predicted molar refractivity (Wildman–Crippen MR) is 120 cm³/mol. The normalized spacial score (nSPS) is 17.4. The summed E-state index contributed by atoms with van der Waals surface area (Å²) in [7, 11) is -2.35. The smallest absolute Gasteiger partial charge is 0.306 e. The van der Waals surface area contributed by atoms with Crippen LogP contribution in [0.3, 0.4) is 0 Å². The average Bonchev–Trinajstić information content (AvgIpc) is 3.15. The van der Waals surface area contributed by atoms with Gasteiger partial charge >= 0.3 is 10.1 Å². The summed E-state index contributed by atoms with van der Waals surface area (Å²) < 4.78 is 33.0. The zero-order valence-electron chi connectivity index (χ0n) is 16.5. The number of aliphatic imine (C=N–C) groups is 1. The van der Waals surface area contributed by atoms with E-state index < -0.39 is 16.0 Å². The molecule has 0 aromatic heterocycles. The lowest BCUT2D eigenvalue weighted by Crippen LogP contribution is -2.38. The van der Waals surface area contributed by atoms with E-state index >= 15 is 0 Å². The van der Waals surface area contributed by atoms with E-state index in [1.807, 2.05) is 35.7 Å². The lowest BCUT2D eigenvalue weighted by Gasteiger charge is -2.27. The van der Waals surface area contributed by atoms with Crippen molar-refractivity contribution in [1.29, 1.82) is 5.41 Å². The highest BCUT2D eigenvalue weighted by Gasteiger charge is 2.36. The molecule has 0 radical (unpaired) electrons. The summed E-state index contributed by atoms with van der Waals surface area (Å²) >= 11 is 1.29. The van der Waals surface area contributed by atoms with Crippen molar-refractivity contribution in [3.63, 3.8) is 0 Å². The Morgan fingerprint density at radius 3 is 2.55 bits per heavy atom. The lowest BCUT2D eigenvalue weighted by molar-refractivity contribution is -0.114. The fourth-order valence-corrected chi connectivity index (χ4v) is 4.44. The van der Waals surface area contributed by atoms with E-state index in [1.165, 1.54) is 37.1 Å². The number of hydrogen-bond donors (Lipinski definition) is 1. The number of ether oxygens (including phenoxy) is 1. The number of nitrogens with one attached hydrogen (secondary N) is 1. The van der Waals surface area contributed by atoms with Gasteiger partial charge in [-0.05, 0) is 29.3 Å². The van der Waals surface area contributed by atoms with E-state index in [0.717, 1.165) is 17.5 Å². The molecule has 31 heavy (non-hydrogen) atoms. The number of rotatable bonds is 5. The van der Waals surface area contributed by atoms with E-state index in [0.29, 0.717) is 10.7 Å². The number of carbonyl (C=O) groups excluding carboxylic acids is 1. The Hall–Kier alpha value is -3.37. The van der Waals surface area contributed by atoms with Crippen LogP contribution >= 0.6 is 11.8 Å². The third-order valence-electron chi connectivity index (χ3n) is 4.42. The summed E-state index contributed by atoms with van der Waals surface area (Å²) in [4.78, 5) is 18.4. The number of benzene rings is 2. The van der Waals surface area contributed by atoms with Crippen molar-refractivity contribution in [3.8, 4) is 11.5 Å². The molecule has 0 saturated heterocycles. The number of fused-ring (bicyclic) bond motifs is 1. The average molecular weight is 456 g/mol. The first kappa shape index (κ1) is 20.9. The molecule has 2 aliphatic heterocycles. The van der Waals surface area contributed by atoms with Gasteiger partial charge in [0.25, 0.3) is 5.91 Å². The van der Waals surface area contributed by atoms with Crippen molar-refractivity contribution in [2.24, 2.45) is 4.99 Å². The second kappa shape index (κ2) is 8.05. The van der Waals surface area contributed by atoms with Gasteiger partial charge in [0.15, 0.2) is 16.7 Å². The van der Waals surface area contributed by atoms with Gasteiger partial charge in [0.05, 0.1) is 24.6 Å². The van der Waals surface area contributed by atoms with Gasteiger partial charge < -0.3 is 8.92 Å². The number of carbonyl (C=O) groups is 1. The minimum absolute atomic E-state index is 0.00512. The monoisotopic (exact) mass is 455 g/mol. The Kier molecular flexibility index (Phi) is 5.42. The molecule has 0 atom stereocenters. The predicted octanol–water partition coefficient (Wildman–Crippen LogP) is 3.34. The highest BCUT2D eigenvalue weighted by Crippen LogP contribution is 2.37. The summed E-state index contributed by atoms with van der Waals surface area (Å²) in [6, 6.07) is 14.1. The van der Waals surface area contributed by atoms with E-state index in [4.69, 9.17) is 14.3 Å². The van der Waals surface area contributed by atoms with Crippen LogP contribution in [0.4, 0.5) is 0 Å². The molecule has 4 rings (SSSR count). The molecule has 2 aromatic carbocycles. The van der Waals surface area contributed by atoms with Crippen molar-refractivity contribution >= 4 is 50.6 Å². The first-order chi connectivity index (χ1) is 14.8. The molecule has 8 nitrogen and oxygen atoms in total. The quantitative estimate of drug-likeness (QED) is 0.544. The third-order valence-corrected chi connectivity index (χ3v) is 5.73. The van der Waals surface area contributed by atoms with Crippen LogP contribution in [0.15, 0.2) is 64.5 Å². The summed E-state index contributed by atoms with van der Waals surface area (Å²) in [6.07, 6.45) is 2.45. The maximum Gasteiger partial charge on any atom is 0.306 e. The molecule has 1 N–H and O–H groups in total. The van der Waals surface area contributed by atoms with Gasteiger partial charge in [-0.3, -0.25) is 15.1 Å². The minimum Gasteiger partial charge on any atom is -0.493 e. The molecule has 0 saturated carbocycles. The molecule has 158 valence electrons. The molecular weight excluding hydrogens is 438 g/mol.